The van der Waals surface area contributed by atoms with Crippen LogP contribution in [0.15, 0.2) is 0 Å². The fraction of sp³-hybridized carbons (Fsp3) is 1.00. The molecular formula is C8H23N3O3Si. The van der Waals surface area contributed by atoms with E-state index in [1.165, 1.54) is 0 Å². The third kappa shape index (κ3) is 5.57. The van der Waals surface area contributed by atoms with Crippen LogP contribution >= 0.6 is 0 Å². The van der Waals surface area contributed by atoms with Crippen molar-refractivity contribution in [2.24, 2.45) is 11.6 Å². The number of hydrogen-bond donors (Lipinski definition) is 2. The first kappa shape index (κ1) is 15.0. The van der Waals surface area contributed by atoms with Gasteiger partial charge in [0.15, 0.2) is 0 Å². The Labute approximate surface area is 92.8 Å². The van der Waals surface area contributed by atoms with Gasteiger partial charge in [-0.25, -0.2) is 5.01 Å². The highest BCUT2D eigenvalue weighted by atomic mass is 28.4. The molecule has 0 saturated heterocycles. The summed E-state index contributed by atoms with van der Waals surface area (Å²) in [5.74, 6) is 5.68. The molecule has 0 bridgehead atoms. The first-order chi connectivity index (χ1) is 7.14. The molecule has 0 aliphatic carbocycles. The zero-order valence-electron chi connectivity index (χ0n) is 9.86. The van der Waals surface area contributed by atoms with Gasteiger partial charge in [-0.3, -0.25) is 5.84 Å². The van der Waals surface area contributed by atoms with Crippen molar-refractivity contribution >= 4 is 8.80 Å². The summed E-state index contributed by atoms with van der Waals surface area (Å²) in [5, 5.41) is 1.69. The molecule has 92 valence electrons. The van der Waals surface area contributed by atoms with E-state index in [4.69, 9.17) is 24.9 Å². The zero-order valence-corrected chi connectivity index (χ0v) is 10.9. The molecular weight excluding hydrogens is 214 g/mol. The van der Waals surface area contributed by atoms with Crippen molar-refractivity contribution in [3.05, 3.63) is 0 Å². The van der Waals surface area contributed by atoms with Crippen LogP contribution in [0.3, 0.4) is 0 Å². The summed E-state index contributed by atoms with van der Waals surface area (Å²) in [6.45, 7) is 2.03. The van der Waals surface area contributed by atoms with Crippen LogP contribution in [0.4, 0.5) is 0 Å². The van der Waals surface area contributed by atoms with Crippen molar-refractivity contribution in [1.82, 2.24) is 5.01 Å². The number of rotatable bonds is 9. The van der Waals surface area contributed by atoms with Crippen LogP contribution in [-0.4, -0.2) is 54.8 Å². The molecule has 0 aromatic heterocycles. The molecule has 0 aliphatic heterocycles. The average Bonchev–Trinajstić information content (AvgIpc) is 2.25. The Balaban J connectivity index is 3.80. The van der Waals surface area contributed by atoms with Crippen molar-refractivity contribution in [3.63, 3.8) is 0 Å². The molecule has 0 saturated carbocycles. The summed E-state index contributed by atoms with van der Waals surface area (Å²) < 4.78 is 15.9. The maximum Gasteiger partial charge on any atom is 0.500 e. The van der Waals surface area contributed by atoms with Gasteiger partial charge in [0.25, 0.3) is 0 Å². The summed E-state index contributed by atoms with van der Waals surface area (Å²) in [7, 11) is 2.41. The highest BCUT2D eigenvalue weighted by molar-refractivity contribution is 6.60. The van der Waals surface area contributed by atoms with Gasteiger partial charge in [-0.1, -0.05) is 0 Å². The molecule has 0 radical (unpaired) electrons. The van der Waals surface area contributed by atoms with Crippen LogP contribution in [0, 0.1) is 0 Å². The molecule has 0 amide bonds. The van der Waals surface area contributed by atoms with Crippen LogP contribution < -0.4 is 11.6 Å². The molecule has 15 heavy (non-hydrogen) atoms. The smallest absolute Gasteiger partial charge is 0.377 e. The molecule has 7 heteroatoms. The Morgan fingerprint density at radius 1 is 1.07 bits per heavy atom. The first-order valence-electron chi connectivity index (χ1n) is 4.99. The Hall–Kier alpha value is -0.0231. The Morgan fingerprint density at radius 3 is 2.00 bits per heavy atom. The molecule has 0 aliphatic rings. The van der Waals surface area contributed by atoms with E-state index in [2.05, 4.69) is 0 Å². The molecule has 0 spiro atoms. The molecule has 0 rings (SSSR count). The van der Waals surface area contributed by atoms with Crippen molar-refractivity contribution in [3.8, 4) is 0 Å². The van der Waals surface area contributed by atoms with Crippen molar-refractivity contribution in [2.45, 2.75) is 12.5 Å². The van der Waals surface area contributed by atoms with Crippen LogP contribution in [-0.2, 0) is 13.3 Å². The topological polar surface area (TPSA) is 83.0 Å². The quantitative estimate of drug-likeness (QED) is 0.316. The van der Waals surface area contributed by atoms with Gasteiger partial charge in [-0.2, -0.15) is 0 Å². The normalized spacial score (nSPS) is 12.4. The van der Waals surface area contributed by atoms with E-state index in [9.17, 15) is 0 Å². The van der Waals surface area contributed by atoms with Crippen molar-refractivity contribution in [2.75, 3.05) is 41.0 Å². The van der Waals surface area contributed by atoms with Crippen LogP contribution in [0.25, 0.3) is 0 Å². The summed E-state index contributed by atoms with van der Waals surface area (Å²) in [6, 6.07) is 0.759. The van der Waals surface area contributed by atoms with Crippen LogP contribution in [0.1, 0.15) is 6.42 Å². The molecule has 0 unspecified atom stereocenters. The molecule has 0 aromatic rings. The molecule has 0 atom stereocenters. The Kier molecular flexibility index (Phi) is 8.15. The van der Waals surface area contributed by atoms with E-state index in [1.807, 2.05) is 0 Å². The largest absolute Gasteiger partial charge is 0.500 e. The van der Waals surface area contributed by atoms with Crippen LogP contribution in [0.5, 0.6) is 0 Å². The summed E-state index contributed by atoms with van der Waals surface area (Å²) in [4.78, 5) is 0. The second-order valence-electron chi connectivity index (χ2n) is 3.22. The summed E-state index contributed by atoms with van der Waals surface area (Å²) in [5.41, 5.74) is 5.38. The van der Waals surface area contributed by atoms with E-state index in [1.54, 1.807) is 26.3 Å². The number of nitrogens with zero attached hydrogens (tertiary/aromatic N) is 1. The number of hydrogen-bond acceptors (Lipinski definition) is 6. The highest BCUT2D eigenvalue weighted by Crippen LogP contribution is 2.14. The van der Waals surface area contributed by atoms with Gasteiger partial charge in [0.2, 0.25) is 0 Å². The molecule has 0 heterocycles. The predicted molar refractivity (Wildman–Crippen MR) is 61.0 cm³/mol. The van der Waals surface area contributed by atoms with Gasteiger partial charge in [0.1, 0.15) is 0 Å². The molecule has 0 aromatic carbocycles. The van der Waals surface area contributed by atoms with Gasteiger partial charge < -0.3 is 19.0 Å². The first-order valence-corrected chi connectivity index (χ1v) is 6.92. The monoisotopic (exact) mass is 237 g/mol. The van der Waals surface area contributed by atoms with Gasteiger partial charge in [-0.15, -0.1) is 0 Å². The van der Waals surface area contributed by atoms with E-state index in [-0.39, 0.29) is 0 Å². The van der Waals surface area contributed by atoms with E-state index in [0.29, 0.717) is 13.1 Å². The molecule has 0 fully saturated rings. The summed E-state index contributed by atoms with van der Waals surface area (Å²) in [6.07, 6.45) is 0.873. The molecule has 4 N–H and O–H groups in total. The number of nitrogens with two attached hydrogens (primary N) is 2. The van der Waals surface area contributed by atoms with Gasteiger partial charge in [0.05, 0.1) is 0 Å². The number of hydrazine groups is 1. The van der Waals surface area contributed by atoms with E-state index < -0.39 is 8.80 Å². The fourth-order valence-corrected chi connectivity index (χ4v) is 3.04. The zero-order chi connectivity index (χ0) is 11.7. The fourth-order valence-electron chi connectivity index (χ4n) is 1.33. The third-order valence-corrected chi connectivity index (χ3v) is 5.11. The lowest BCUT2D eigenvalue weighted by atomic mass is 10.4. The minimum absolute atomic E-state index is 0.567. The van der Waals surface area contributed by atoms with Crippen LogP contribution in [0.2, 0.25) is 6.04 Å². The SMILES string of the molecule is CO[Si](CCCN(N)CCN)(OC)OC. The maximum atomic E-state index is 5.68. The average molecular weight is 237 g/mol. The Morgan fingerprint density at radius 2 is 1.60 bits per heavy atom. The second-order valence-corrected chi connectivity index (χ2v) is 6.31. The Bertz CT molecular complexity index is 150. The van der Waals surface area contributed by atoms with Crippen molar-refractivity contribution in [1.29, 1.82) is 0 Å². The van der Waals surface area contributed by atoms with Crippen molar-refractivity contribution < 1.29 is 13.3 Å². The molecule has 6 nitrogen and oxygen atoms in total. The van der Waals surface area contributed by atoms with Gasteiger partial charge >= 0.3 is 8.80 Å². The minimum atomic E-state index is -2.42. The third-order valence-electron chi connectivity index (χ3n) is 2.28. The second kappa shape index (κ2) is 8.17. The standard InChI is InChI=1S/C8H23N3O3Si/c1-12-15(13-2,14-3)8-4-6-11(10)7-5-9/h4-10H2,1-3H3. The minimum Gasteiger partial charge on any atom is -0.377 e. The summed E-state index contributed by atoms with van der Waals surface area (Å²) >= 11 is 0. The lowest BCUT2D eigenvalue weighted by molar-refractivity contribution is 0.121. The van der Waals surface area contributed by atoms with E-state index >= 15 is 0 Å². The lowest BCUT2D eigenvalue weighted by Gasteiger charge is -2.25. The van der Waals surface area contributed by atoms with E-state index in [0.717, 1.165) is 19.0 Å². The maximum absolute atomic E-state index is 5.68. The predicted octanol–water partition coefficient (Wildman–Crippen LogP) is -0.611. The lowest BCUT2D eigenvalue weighted by Crippen LogP contribution is -2.44. The highest BCUT2D eigenvalue weighted by Gasteiger charge is 2.36. The van der Waals surface area contributed by atoms with Gasteiger partial charge in [0, 0.05) is 47.0 Å². The van der Waals surface area contributed by atoms with Gasteiger partial charge in [-0.05, 0) is 6.42 Å².